The minimum absolute atomic E-state index is 0.0114. The van der Waals surface area contributed by atoms with Crippen LogP contribution in [0.1, 0.15) is 17.3 Å². The van der Waals surface area contributed by atoms with Gasteiger partial charge in [0.2, 0.25) is 5.89 Å². The lowest BCUT2D eigenvalue weighted by atomic mass is 10.1. The number of hydrogen-bond acceptors (Lipinski definition) is 6. The number of Topliss-reactive ketones (excluding diaryl/α,β-unsaturated/α-hetero) is 1. The van der Waals surface area contributed by atoms with Crippen LogP contribution in [0.4, 0.5) is 0 Å². The first-order valence-corrected chi connectivity index (χ1v) is 8.47. The molecule has 122 valence electrons. The molecule has 0 saturated heterocycles. The summed E-state index contributed by atoms with van der Waals surface area (Å²) in [7, 11) is 0. The zero-order valence-corrected chi connectivity index (χ0v) is 14.0. The van der Waals surface area contributed by atoms with E-state index < -0.39 is 0 Å². The van der Waals surface area contributed by atoms with Crippen molar-refractivity contribution < 1.29 is 13.9 Å². The van der Waals surface area contributed by atoms with Crippen molar-refractivity contribution in [3.63, 3.8) is 0 Å². The van der Waals surface area contributed by atoms with Gasteiger partial charge < -0.3 is 9.15 Å². The Labute approximate surface area is 144 Å². The average Bonchev–Trinajstić information content (AvgIpc) is 3.09. The Hall–Kier alpha value is -2.60. The number of nitrogens with zero attached hydrogens (tertiary/aromatic N) is 2. The Morgan fingerprint density at radius 3 is 2.62 bits per heavy atom. The van der Waals surface area contributed by atoms with Gasteiger partial charge in [0.1, 0.15) is 5.75 Å². The third-order valence-electron chi connectivity index (χ3n) is 3.26. The fourth-order valence-corrected chi connectivity index (χ4v) is 2.71. The minimum Gasteiger partial charge on any atom is -0.492 e. The predicted molar refractivity (Wildman–Crippen MR) is 92.4 cm³/mol. The molecule has 0 spiro atoms. The summed E-state index contributed by atoms with van der Waals surface area (Å²) in [6, 6.07) is 16.8. The molecule has 6 heteroatoms. The first-order chi connectivity index (χ1) is 11.7. The largest absolute Gasteiger partial charge is 0.492 e. The van der Waals surface area contributed by atoms with Crippen molar-refractivity contribution in [3.05, 3.63) is 60.2 Å². The molecular weight excluding hydrogens is 324 g/mol. The normalized spacial score (nSPS) is 10.5. The topological polar surface area (TPSA) is 65.2 Å². The maximum Gasteiger partial charge on any atom is 0.276 e. The molecule has 24 heavy (non-hydrogen) atoms. The number of carbonyl (C=O) groups is 1. The van der Waals surface area contributed by atoms with Crippen molar-refractivity contribution in [2.45, 2.75) is 12.1 Å². The van der Waals surface area contributed by atoms with E-state index in [1.54, 1.807) is 12.1 Å². The van der Waals surface area contributed by atoms with E-state index in [4.69, 9.17) is 9.15 Å². The van der Waals surface area contributed by atoms with Crippen molar-refractivity contribution in [2.75, 3.05) is 12.4 Å². The Balaban J connectivity index is 1.53. The number of ketones is 1. The van der Waals surface area contributed by atoms with Crippen molar-refractivity contribution in [2.24, 2.45) is 0 Å². The van der Waals surface area contributed by atoms with Gasteiger partial charge in [-0.15, -0.1) is 10.2 Å². The summed E-state index contributed by atoms with van der Waals surface area (Å²) in [6.07, 6.45) is 0. The molecule has 5 nitrogen and oxygen atoms in total. The maximum absolute atomic E-state index is 11.5. The van der Waals surface area contributed by atoms with Crippen LogP contribution in [0.3, 0.4) is 0 Å². The monoisotopic (exact) mass is 340 g/mol. The van der Waals surface area contributed by atoms with Gasteiger partial charge >= 0.3 is 0 Å². The second-order valence-corrected chi connectivity index (χ2v) is 6.03. The molecule has 0 amide bonds. The summed E-state index contributed by atoms with van der Waals surface area (Å²) in [5.74, 6) is 1.73. The lowest BCUT2D eigenvalue weighted by molar-refractivity contribution is 0.101. The number of aromatic nitrogens is 2. The van der Waals surface area contributed by atoms with Crippen molar-refractivity contribution >= 4 is 17.5 Å². The molecule has 1 aromatic heterocycles. The number of thioether (sulfide) groups is 1. The molecule has 0 aliphatic carbocycles. The van der Waals surface area contributed by atoms with E-state index >= 15 is 0 Å². The van der Waals surface area contributed by atoms with Gasteiger partial charge in [-0.3, -0.25) is 4.79 Å². The van der Waals surface area contributed by atoms with Crippen LogP contribution in [-0.2, 0) is 0 Å². The number of ether oxygens (including phenoxy) is 1. The Kier molecular flexibility index (Phi) is 5.28. The smallest absolute Gasteiger partial charge is 0.276 e. The van der Waals surface area contributed by atoms with E-state index in [1.807, 2.05) is 42.5 Å². The molecule has 0 aliphatic rings. The van der Waals surface area contributed by atoms with Crippen molar-refractivity contribution in [1.29, 1.82) is 0 Å². The molecule has 0 atom stereocenters. The van der Waals surface area contributed by atoms with E-state index in [2.05, 4.69) is 10.2 Å². The van der Waals surface area contributed by atoms with Crippen molar-refractivity contribution in [1.82, 2.24) is 10.2 Å². The van der Waals surface area contributed by atoms with E-state index in [0.29, 0.717) is 34.8 Å². The summed E-state index contributed by atoms with van der Waals surface area (Å²) in [5.41, 5.74) is 1.48. The number of para-hydroxylation sites is 1. The van der Waals surface area contributed by atoms with Gasteiger partial charge in [-0.1, -0.05) is 42.1 Å². The van der Waals surface area contributed by atoms with Gasteiger partial charge in [0.05, 0.1) is 12.2 Å². The van der Waals surface area contributed by atoms with Gasteiger partial charge in [-0.25, -0.2) is 0 Å². The van der Waals surface area contributed by atoms with Gasteiger partial charge in [-0.05, 0) is 31.2 Å². The van der Waals surface area contributed by atoms with Crippen LogP contribution in [0, 0.1) is 0 Å². The first kappa shape index (κ1) is 16.3. The van der Waals surface area contributed by atoms with E-state index in [9.17, 15) is 4.79 Å². The Bertz CT molecular complexity index is 818. The van der Waals surface area contributed by atoms with Gasteiger partial charge in [0.15, 0.2) is 5.78 Å². The van der Waals surface area contributed by atoms with Crippen LogP contribution in [0.5, 0.6) is 5.75 Å². The highest BCUT2D eigenvalue weighted by atomic mass is 32.2. The van der Waals surface area contributed by atoms with Crippen LogP contribution < -0.4 is 4.74 Å². The Morgan fingerprint density at radius 1 is 1.08 bits per heavy atom. The second-order valence-electron chi connectivity index (χ2n) is 4.99. The third kappa shape index (κ3) is 4.02. The second kappa shape index (κ2) is 7.79. The number of rotatable bonds is 7. The number of benzene rings is 2. The van der Waals surface area contributed by atoms with Crippen LogP contribution in [0.15, 0.2) is 64.2 Å². The molecule has 0 radical (unpaired) electrons. The molecular formula is C18H16N2O3S. The standard InChI is InChI=1S/C18H16N2O3S/c1-13(21)15-9-5-6-10-16(15)22-11-12-24-18-20-19-17(23-18)14-7-3-2-4-8-14/h2-10H,11-12H2,1H3. The highest BCUT2D eigenvalue weighted by Gasteiger charge is 2.10. The van der Waals surface area contributed by atoms with Crippen LogP contribution >= 0.6 is 11.8 Å². The van der Waals surface area contributed by atoms with E-state index in [1.165, 1.54) is 18.7 Å². The third-order valence-corrected chi connectivity index (χ3v) is 4.04. The van der Waals surface area contributed by atoms with Crippen LogP contribution in [0.2, 0.25) is 0 Å². The molecule has 2 aromatic carbocycles. The number of carbonyl (C=O) groups excluding carboxylic acids is 1. The SMILES string of the molecule is CC(=O)c1ccccc1OCCSc1nnc(-c2ccccc2)o1. The summed E-state index contributed by atoms with van der Waals surface area (Å²) in [6.45, 7) is 1.97. The average molecular weight is 340 g/mol. The van der Waals surface area contributed by atoms with E-state index in [0.717, 1.165) is 5.56 Å². The molecule has 3 rings (SSSR count). The molecule has 3 aromatic rings. The maximum atomic E-state index is 11.5. The molecule has 0 unspecified atom stereocenters. The zero-order valence-electron chi connectivity index (χ0n) is 13.1. The summed E-state index contributed by atoms with van der Waals surface area (Å²) in [4.78, 5) is 11.5. The molecule has 0 N–H and O–H groups in total. The highest BCUT2D eigenvalue weighted by molar-refractivity contribution is 7.99. The van der Waals surface area contributed by atoms with Gasteiger partial charge in [-0.2, -0.15) is 0 Å². The highest BCUT2D eigenvalue weighted by Crippen LogP contribution is 2.23. The first-order valence-electron chi connectivity index (χ1n) is 7.48. The Morgan fingerprint density at radius 2 is 1.83 bits per heavy atom. The van der Waals surface area contributed by atoms with Crippen LogP contribution in [-0.4, -0.2) is 28.3 Å². The predicted octanol–water partition coefficient (Wildman–Crippen LogP) is 4.11. The lowest BCUT2D eigenvalue weighted by Gasteiger charge is -2.08. The van der Waals surface area contributed by atoms with Crippen LogP contribution in [0.25, 0.3) is 11.5 Å². The lowest BCUT2D eigenvalue weighted by Crippen LogP contribution is -2.04. The molecule has 0 fully saturated rings. The molecule has 1 heterocycles. The van der Waals surface area contributed by atoms with Gasteiger partial charge in [0, 0.05) is 11.3 Å². The molecule has 0 bridgehead atoms. The zero-order chi connectivity index (χ0) is 16.8. The minimum atomic E-state index is -0.0114. The van der Waals surface area contributed by atoms with Crippen molar-refractivity contribution in [3.8, 4) is 17.2 Å². The molecule has 0 saturated carbocycles. The summed E-state index contributed by atoms with van der Waals surface area (Å²) in [5, 5.41) is 8.55. The molecule has 0 aliphatic heterocycles. The quantitative estimate of drug-likeness (QED) is 0.366. The number of hydrogen-bond donors (Lipinski definition) is 0. The summed E-state index contributed by atoms with van der Waals surface area (Å²) < 4.78 is 11.3. The van der Waals surface area contributed by atoms with E-state index in [-0.39, 0.29) is 5.78 Å². The fraction of sp³-hybridized carbons (Fsp3) is 0.167. The van der Waals surface area contributed by atoms with Gasteiger partial charge in [0.25, 0.3) is 5.22 Å². The summed E-state index contributed by atoms with van der Waals surface area (Å²) >= 11 is 1.42. The fourth-order valence-electron chi connectivity index (χ4n) is 2.13.